The predicted molar refractivity (Wildman–Crippen MR) is 156 cm³/mol. The summed E-state index contributed by atoms with van der Waals surface area (Å²) in [6.45, 7) is 3.80. The minimum Gasteiger partial charge on any atom is -0.489 e. The van der Waals surface area contributed by atoms with Crippen LogP contribution in [0.1, 0.15) is 50.7 Å². The third kappa shape index (κ3) is 7.25. The van der Waals surface area contributed by atoms with E-state index in [0.29, 0.717) is 43.3 Å². The van der Waals surface area contributed by atoms with Gasteiger partial charge in [-0.25, -0.2) is 4.79 Å². The summed E-state index contributed by atoms with van der Waals surface area (Å²) in [5.41, 5.74) is -6.10. The van der Waals surface area contributed by atoms with Gasteiger partial charge in [0.05, 0.1) is 6.10 Å². The number of aliphatic hydroxyl groups is 1. The largest absolute Gasteiger partial charge is 0.489 e. The number of nitrogens with zero attached hydrogens (tertiary/aromatic N) is 1. The highest BCUT2D eigenvalue weighted by Gasteiger charge is 2.72. The van der Waals surface area contributed by atoms with Crippen LogP contribution in [0.25, 0.3) is 0 Å². The first-order valence-electron chi connectivity index (χ1n) is 14.9. The Morgan fingerprint density at radius 1 is 0.978 bits per heavy atom. The number of hydrogen-bond donors (Lipinski definition) is 2. The lowest BCUT2D eigenvalue weighted by Crippen LogP contribution is -2.58. The van der Waals surface area contributed by atoms with E-state index in [0.717, 1.165) is 22.6 Å². The first kappa shape index (κ1) is 35.0. The molecule has 4 rings (SSSR count). The fourth-order valence-corrected chi connectivity index (χ4v) is 5.54. The Bertz CT molecular complexity index is 1430. The average molecular weight is 655 g/mol. The molecule has 250 valence electrons. The topological polar surface area (TPSA) is 88.1 Å². The maximum atomic E-state index is 13.4. The summed E-state index contributed by atoms with van der Waals surface area (Å²) in [7, 11) is 0. The summed E-state index contributed by atoms with van der Waals surface area (Å²) < 4.78 is 91.9. The maximum absolute atomic E-state index is 13.4. The van der Waals surface area contributed by atoms with E-state index in [-0.39, 0.29) is 19.6 Å². The van der Waals surface area contributed by atoms with Crippen molar-refractivity contribution in [3.05, 3.63) is 89.5 Å². The highest BCUT2D eigenvalue weighted by atomic mass is 19.4. The van der Waals surface area contributed by atoms with Gasteiger partial charge < -0.3 is 19.9 Å². The van der Waals surface area contributed by atoms with Crippen LogP contribution in [0, 0.1) is 5.92 Å². The van der Waals surface area contributed by atoms with Crippen LogP contribution in [0.3, 0.4) is 0 Å². The fraction of sp³-hybridized carbons (Fsp3) is 0.455. The van der Waals surface area contributed by atoms with Crippen LogP contribution in [0.15, 0.2) is 78.4 Å². The van der Waals surface area contributed by atoms with Crippen molar-refractivity contribution in [1.29, 1.82) is 0 Å². The van der Waals surface area contributed by atoms with E-state index in [4.69, 9.17) is 9.47 Å². The highest BCUT2D eigenvalue weighted by Crippen LogP contribution is 2.49. The van der Waals surface area contributed by atoms with Crippen molar-refractivity contribution in [1.82, 2.24) is 10.2 Å². The first-order chi connectivity index (χ1) is 21.6. The molecule has 2 aromatic carbocycles. The van der Waals surface area contributed by atoms with Gasteiger partial charge in [0.2, 0.25) is 0 Å². The van der Waals surface area contributed by atoms with E-state index in [1.807, 2.05) is 30.3 Å². The van der Waals surface area contributed by atoms with Gasteiger partial charge in [0.15, 0.2) is 0 Å². The normalized spacial score (nSPS) is 22.2. The van der Waals surface area contributed by atoms with Crippen molar-refractivity contribution in [3.8, 4) is 5.75 Å². The maximum Gasteiger partial charge on any atom is 0.430 e. The van der Waals surface area contributed by atoms with Gasteiger partial charge in [-0.2, -0.15) is 26.3 Å². The monoisotopic (exact) mass is 654 g/mol. The van der Waals surface area contributed by atoms with Gasteiger partial charge in [-0.1, -0.05) is 74.0 Å². The van der Waals surface area contributed by atoms with Gasteiger partial charge in [0, 0.05) is 19.1 Å². The lowest BCUT2D eigenvalue weighted by molar-refractivity contribution is -0.351. The summed E-state index contributed by atoms with van der Waals surface area (Å²) >= 11 is 0. The molecular formula is C33H36F6N2O5. The van der Waals surface area contributed by atoms with Crippen LogP contribution in [0.2, 0.25) is 0 Å². The van der Waals surface area contributed by atoms with Crippen molar-refractivity contribution in [3.63, 3.8) is 0 Å². The molecule has 13 heteroatoms. The number of carbonyl (C=O) groups is 2. The number of carbonyl (C=O) groups excluding carboxylic acids is 2. The summed E-state index contributed by atoms with van der Waals surface area (Å²) in [4.78, 5) is 27.3. The number of amides is 3. The van der Waals surface area contributed by atoms with Gasteiger partial charge in [-0.15, -0.1) is 0 Å². The molecule has 0 saturated carbocycles. The van der Waals surface area contributed by atoms with Gasteiger partial charge >= 0.3 is 18.4 Å². The molecule has 1 saturated heterocycles. The third-order valence-corrected chi connectivity index (χ3v) is 8.16. The fourth-order valence-electron chi connectivity index (χ4n) is 5.54. The zero-order valence-corrected chi connectivity index (χ0v) is 25.3. The number of unbranched alkanes of at least 4 members (excludes halogenated alkanes) is 1. The van der Waals surface area contributed by atoms with Crippen LogP contribution < -0.4 is 10.1 Å². The third-order valence-electron chi connectivity index (χ3n) is 8.16. The molecule has 1 heterocycles. The molecule has 0 spiro atoms. The molecule has 3 amide bonds. The molecule has 2 aliphatic rings. The summed E-state index contributed by atoms with van der Waals surface area (Å²) in [5.74, 6) is -0.751. The van der Waals surface area contributed by atoms with E-state index < -0.39 is 53.0 Å². The Balaban J connectivity index is 1.32. The molecule has 1 aliphatic carbocycles. The number of alkyl halides is 6. The molecule has 2 aromatic rings. The van der Waals surface area contributed by atoms with E-state index in [2.05, 4.69) is 5.32 Å². The molecule has 0 radical (unpaired) electrons. The quantitative estimate of drug-likeness (QED) is 0.139. The highest BCUT2D eigenvalue weighted by molar-refractivity contribution is 6.07. The number of benzene rings is 2. The molecule has 1 aliphatic heterocycles. The predicted octanol–water partition coefficient (Wildman–Crippen LogP) is 6.97. The molecule has 7 nitrogen and oxygen atoms in total. The van der Waals surface area contributed by atoms with E-state index in [1.165, 1.54) is 0 Å². The molecule has 0 bridgehead atoms. The molecular weight excluding hydrogens is 618 g/mol. The SMILES string of the molecule is CCCC1C=C(C(O)(C(F)(F)F)C(F)(F)F)C=CC1OCCCCN1C(=O)NC(C)(c2cccc(OCc3ccccc3)c2)C1=O. The number of ether oxygens (including phenoxy) is 2. The first-order valence-corrected chi connectivity index (χ1v) is 14.9. The van der Waals surface area contributed by atoms with Crippen LogP contribution in [-0.2, 0) is 21.7 Å². The second-order valence-electron chi connectivity index (χ2n) is 11.5. The molecule has 1 fully saturated rings. The smallest absolute Gasteiger partial charge is 0.430 e. The van der Waals surface area contributed by atoms with Crippen LogP contribution in [-0.4, -0.2) is 59.2 Å². The number of hydrogen-bond acceptors (Lipinski definition) is 5. The minimum absolute atomic E-state index is 0.0704. The van der Waals surface area contributed by atoms with E-state index in [1.54, 1.807) is 38.1 Å². The van der Waals surface area contributed by atoms with Gasteiger partial charge in [-0.05, 0) is 55.0 Å². The van der Waals surface area contributed by atoms with Crippen LogP contribution >= 0.6 is 0 Å². The number of nitrogens with one attached hydrogen (secondary N) is 1. The minimum atomic E-state index is -5.97. The van der Waals surface area contributed by atoms with Crippen LogP contribution in [0.4, 0.5) is 31.1 Å². The van der Waals surface area contributed by atoms with Crippen LogP contribution in [0.5, 0.6) is 5.75 Å². The number of urea groups is 1. The Labute approximate surface area is 262 Å². The Kier molecular flexibility index (Phi) is 10.6. The zero-order valence-electron chi connectivity index (χ0n) is 25.3. The summed E-state index contributed by atoms with van der Waals surface area (Å²) in [6, 6.07) is 15.9. The lowest BCUT2D eigenvalue weighted by atomic mass is 9.82. The van der Waals surface area contributed by atoms with Crippen molar-refractivity contribution in [2.45, 2.75) is 75.7 Å². The van der Waals surface area contributed by atoms with E-state index in [9.17, 15) is 41.0 Å². The average Bonchev–Trinajstić information content (AvgIpc) is 3.23. The summed E-state index contributed by atoms with van der Waals surface area (Å²) in [5, 5.41) is 12.5. The second kappa shape index (κ2) is 13.9. The molecule has 46 heavy (non-hydrogen) atoms. The van der Waals surface area contributed by atoms with Gasteiger partial charge in [-0.3, -0.25) is 9.69 Å². The number of imide groups is 1. The van der Waals surface area contributed by atoms with Gasteiger partial charge in [0.1, 0.15) is 17.9 Å². The molecule has 2 N–H and O–H groups in total. The molecule has 0 aromatic heterocycles. The van der Waals surface area contributed by atoms with Crippen molar-refractivity contribution in [2.24, 2.45) is 5.92 Å². The van der Waals surface area contributed by atoms with Crippen molar-refractivity contribution >= 4 is 11.9 Å². The van der Waals surface area contributed by atoms with E-state index >= 15 is 0 Å². The Hall–Kier alpha value is -3.84. The number of halogens is 6. The Morgan fingerprint density at radius 2 is 1.67 bits per heavy atom. The zero-order chi connectivity index (χ0) is 33.8. The van der Waals surface area contributed by atoms with Crippen molar-refractivity contribution < 1.29 is 50.5 Å². The Morgan fingerprint density at radius 3 is 2.33 bits per heavy atom. The standard InChI is InChI=1S/C33H36F6N2O5/c1-3-10-23-19-25(31(44,32(34,35)36)33(37,38)39)15-16-27(23)45-18-8-7-17-41-28(42)30(2,40-29(41)43)24-13-9-14-26(20-24)46-21-22-11-5-4-6-12-22/h4-6,9,11-16,19-20,23,27,44H,3,7-8,10,17-18,21H2,1-2H3,(H,40,43). The second-order valence-corrected chi connectivity index (χ2v) is 11.5. The van der Waals surface area contributed by atoms with Crippen molar-refractivity contribution in [2.75, 3.05) is 13.2 Å². The van der Waals surface area contributed by atoms with Gasteiger partial charge in [0.25, 0.3) is 11.5 Å². The molecule has 3 atom stereocenters. The molecule has 3 unspecified atom stereocenters. The number of rotatable bonds is 13. The lowest BCUT2D eigenvalue weighted by Gasteiger charge is -2.36. The summed E-state index contributed by atoms with van der Waals surface area (Å²) in [6.07, 6.45) is -8.91.